The summed E-state index contributed by atoms with van der Waals surface area (Å²) in [6.07, 6.45) is 2.13. The van der Waals surface area contributed by atoms with E-state index in [-0.39, 0.29) is 5.97 Å². The lowest BCUT2D eigenvalue weighted by molar-refractivity contribution is -0.148. The van der Waals surface area contributed by atoms with Crippen LogP contribution in [-0.4, -0.2) is 46.2 Å². The fourth-order valence-electron chi connectivity index (χ4n) is 2.17. The predicted octanol–water partition coefficient (Wildman–Crippen LogP) is 0.757. The maximum Gasteiger partial charge on any atom is 0.327 e. The second kappa shape index (κ2) is 5.50. The Bertz CT molecular complexity index is 472. The summed E-state index contributed by atoms with van der Waals surface area (Å²) >= 11 is 1.54. The molecule has 7 heteroatoms. The largest absolute Gasteiger partial charge is 0.468 e. The summed E-state index contributed by atoms with van der Waals surface area (Å²) in [5.74, 6) is 1.63. The summed E-state index contributed by atoms with van der Waals surface area (Å²) < 4.78 is 6.90. The van der Waals surface area contributed by atoms with Crippen LogP contribution < -0.4 is 5.32 Å². The first kappa shape index (κ1) is 14.3. The van der Waals surface area contributed by atoms with Gasteiger partial charge in [-0.1, -0.05) is 11.8 Å². The first-order valence-corrected chi connectivity index (χ1v) is 7.30. The van der Waals surface area contributed by atoms with E-state index in [1.54, 1.807) is 0 Å². The van der Waals surface area contributed by atoms with Gasteiger partial charge in [0.05, 0.1) is 7.11 Å². The molecule has 0 aromatic carbocycles. The molecule has 1 aromatic rings. The van der Waals surface area contributed by atoms with Crippen LogP contribution in [0.4, 0.5) is 0 Å². The average Bonchev–Trinajstić information content (AvgIpc) is 3.21. The van der Waals surface area contributed by atoms with E-state index >= 15 is 0 Å². The Morgan fingerprint density at radius 2 is 2.26 bits per heavy atom. The number of nitrogens with zero attached hydrogens (tertiary/aromatic N) is 3. The molecule has 1 aromatic heterocycles. The number of rotatable bonds is 6. The molecule has 19 heavy (non-hydrogen) atoms. The molecular formula is C12H20N4O2S. The Morgan fingerprint density at radius 1 is 1.58 bits per heavy atom. The number of esters is 1. The standard InChI is InChI=1S/C12H20N4O2S/c1-8-14-15-11(16(8)3)19-7-12(13-2,9-5-6-9)10(17)18-4/h9,13H,5-7H2,1-4H3. The van der Waals surface area contributed by atoms with Gasteiger partial charge in [0.25, 0.3) is 0 Å². The first-order valence-electron chi connectivity index (χ1n) is 6.31. The van der Waals surface area contributed by atoms with Gasteiger partial charge in [-0.2, -0.15) is 0 Å². The summed E-state index contributed by atoms with van der Waals surface area (Å²) in [6.45, 7) is 1.91. The number of ether oxygens (including phenoxy) is 1. The van der Waals surface area contributed by atoms with Crippen molar-refractivity contribution in [2.45, 2.75) is 30.5 Å². The van der Waals surface area contributed by atoms with E-state index in [0.29, 0.717) is 11.7 Å². The van der Waals surface area contributed by atoms with Crippen LogP contribution in [0.25, 0.3) is 0 Å². The summed E-state index contributed by atoms with van der Waals surface area (Å²) in [6, 6.07) is 0. The van der Waals surface area contributed by atoms with E-state index in [2.05, 4.69) is 15.5 Å². The summed E-state index contributed by atoms with van der Waals surface area (Å²) in [5.41, 5.74) is -0.612. The molecule has 1 unspecified atom stereocenters. The highest BCUT2D eigenvalue weighted by atomic mass is 32.2. The molecule has 1 N–H and O–H groups in total. The third-order valence-electron chi connectivity index (χ3n) is 3.75. The molecule has 0 spiro atoms. The van der Waals surface area contributed by atoms with Crippen LogP contribution >= 0.6 is 11.8 Å². The van der Waals surface area contributed by atoms with Crippen LogP contribution in [0.15, 0.2) is 5.16 Å². The summed E-state index contributed by atoms with van der Waals surface area (Å²) in [7, 11) is 5.18. The van der Waals surface area contributed by atoms with Crippen molar-refractivity contribution in [2.24, 2.45) is 13.0 Å². The fourth-order valence-corrected chi connectivity index (χ4v) is 3.45. The zero-order chi connectivity index (χ0) is 14.0. The highest BCUT2D eigenvalue weighted by Crippen LogP contribution is 2.42. The molecule has 1 fully saturated rings. The minimum Gasteiger partial charge on any atom is -0.468 e. The van der Waals surface area contributed by atoms with Gasteiger partial charge in [-0.05, 0) is 32.7 Å². The van der Waals surface area contributed by atoms with Crippen molar-refractivity contribution >= 4 is 17.7 Å². The molecule has 1 atom stereocenters. The molecule has 6 nitrogen and oxygen atoms in total. The molecule has 0 amide bonds. The molecule has 1 heterocycles. The zero-order valence-corrected chi connectivity index (χ0v) is 12.6. The normalized spacial score (nSPS) is 18.1. The van der Waals surface area contributed by atoms with Crippen LogP contribution in [0.3, 0.4) is 0 Å². The van der Waals surface area contributed by atoms with Crippen LogP contribution in [0.5, 0.6) is 0 Å². The van der Waals surface area contributed by atoms with Gasteiger partial charge in [0.15, 0.2) is 5.16 Å². The van der Waals surface area contributed by atoms with Gasteiger partial charge in [-0.15, -0.1) is 10.2 Å². The highest BCUT2D eigenvalue weighted by molar-refractivity contribution is 7.99. The molecular weight excluding hydrogens is 264 g/mol. The third kappa shape index (κ3) is 2.62. The number of likely N-dealkylation sites (N-methyl/N-ethyl adjacent to an activating group) is 1. The number of hydrogen-bond acceptors (Lipinski definition) is 6. The maximum atomic E-state index is 12.1. The van der Waals surface area contributed by atoms with E-state index in [4.69, 9.17) is 4.74 Å². The minimum absolute atomic E-state index is 0.191. The molecule has 1 aliphatic carbocycles. The zero-order valence-electron chi connectivity index (χ0n) is 11.8. The van der Waals surface area contributed by atoms with Crippen molar-refractivity contribution in [1.82, 2.24) is 20.1 Å². The maximum absolute atomic E-state index is 12.1. The third-order valence-corrected chi connectivity index (χ3v) is 4.96. The van der Waals surface area contributed by atoms with Crippen molar-refractivity contribution in [3.05, 3.63) is 5.82 Å². The topological polar surface area (TPSA) is 69.0 Å². The molecule has 106 valence electrons. The summed E-state index contributed by atoms with van der Waals surface area (Å²) in [5, 5.41) is 12.1. The van der Waals surface area contributed by atoms with E-state index < -0.39 is 5.54 Å². The smallest absolute Gasteiger partial charge is 0.327 e. The van der Waals surface area contributed by atoms with Gasteiger partial charge in [-0.3, -0.25) is 4.79 Å². The van der Waals surface area contributed by atoms with Crippen LogP contribution in [0.2, 0.25) is 0 Å². The highest BCUT2D eigenvalue weighted by Gasteiger charge is 2.51. The molecule has 0 saturated heterocycles. The molecule has 0 aliphatic heterocycles. The number of carbonyl (C=O) groups is 1. The number of methoxy groups -OCH3 is 1. The van der Waals surface area contributed by atoms with Gasteiger partial charge in [0.2, 0.25) is 0 Å². The molecule has 0 radical (unpaired) electrons. The number of carbonyl (C=O) groups excluding carboxylic acids is 1. The van der Waals surface area contributed by atoms with Crippen LogP contribution in [0.1, 0.15) is 18.7 Å². The monoisotopic (exact) mass is 284 g/mol. The predicted molar refractivity (Wildman–Crippen MR) is 73.0 cm³/mol. The number of nitrogens with one attached hydrogen (secondary N) is 1. The average molecular weight is 284 g/mol. The molecule has 2 rings (SSSR count). The lowest BCUT2D eigenvalue weighted by Gasteiger charge is -2.30. The number of aryl methyl sites for hydroxylation is 1. The van der Waals surface area contributed by atoms with Gasteiger partial charge in [-0.25, -0.2) is 0 Å². The van der Waals surface area contributed by atoms with E-state index in [1.807, 2.05) is 25.6 Å². The van der Waals surface area contributed by atoms with Gasteiger partial charge >= 0.3 is 5.97 Å². The SMILES string of the molecule is CNC(CSc1nnc(C)n1C)(C(=O)OC)C1CC1. The van der Waals surface area contributed by atoms with Gasteiger partial charge in [0.1, 0.15) is 11.4 Å². The Labute approximate surface area is 117 Å². The van der Waals surface area contributed by atoms with Gasteiger partial charge in [0, 0.05) is 12.8 Å². The van der Waals surface area contributed by atoms with E-state index in [9.17, 15) is 4.79 Å². The fraction of sp³-hybridized carbons (Fsp3) is 0.750. The van der Waals surface area contributed by atoms with Crippen LogP contribution in [0, 0.1) is 12.8 Å². The second-order valence-corrected chi connectivity index (χ2v) is 5.81. The molecule has 1 saturated carbocycles. The van der Waals surface area contributed by atoms with Crippen molar-refractivity contribution in [1.29, 1.82) is 0 Å². The Hall–Kier alpha value is -1.08. The van der Waals surface area contributed by atoms with Crippen molar-refractivity contribution < 1.29 is 9.53 Å². The second-order valence-electron chi connectivity index (χ2n) is 4.86. The lowest BCUT2D eigenvalue weighted by atomic mass is 9.96. The van der Waals surface area contributed by atoms with Crippen molar-refractivity contribution in [3.63, 3.8) is 0 Å². The number of aromatic nitrogens is 3. The number of hydrogen-bond donors (Lipinski definition) is 1. The van der Waals surface area contributed by atoms with Crippen LogP contribution in [-0.2, 0) is 16.6 Å². The Balaban J connectivity index is 2.13. The van der Waals surface area contributed by atoms with E-state index in [1.165, 1.54) is 18.9 Å². The molecule has 1 aliphatic rings. The van der Waals surface area contributed by atoms with Crippen molar-refractivity contribution in [2.75, 3.05) is 19.9 Å². The Kier molecular flexibility index (Phi) is 4.15. The van der Waals surface area contributed by atoms with Crippen molar-refractivity contribution in [3.8, 4) is 0 Å². The van der Waals surface area contributed by atoms with E-state index in [0.717, 1.165) is 23.8 Å². The first-order chi connectivity index (χ1) is 9.05. The summed E-state index contributed by atoms with van der Waals surface area (Å²) in [4.78, 5) is 12.1. The minimum atomic E-state index is -0.612. The number of thioether (sulfide) groups is 1. The lowest BCUT2D eigenvalue weighted by Crippen LogP contribution is -2.55. The quantitative estimate of drug-likeness (QED) is 0.614. The van der Waals surface area contributed by atoms with Gasteiger partial charge < -0.3 is 14.6 Å². The molecule has 0 bridgehead atoms. The Morgan fingerprint density at radius 3 is 2.68 bits per heavy atom.